The summed E-state index contributed by atoms with van der Waals surface area (Å²) in [7, 11) is 0. The van der Waals surface area contributed by atoms with Gasteiger partial charge in [0.15, 0.2) is 16.7 Å². The van der Waals surface area contributed by atoms with Crippen molar-refractivity contribution in [2.75, 3.05) is 11.1 Å². The monoisotopic (exact) mass is 537 g/mol. The molecule has 0 unspecified atom stereocenters. The highest BCUT2D eigenvalue weighted by Gasteiger charge is 2.42. The molecule has 0 bridgehead atoms. The quantitative estimate of drug-likeness (QED) is 0.197. The number of hydrogen-bond acceptors (Lipinski definition) is 10. The first-order chi connectivity index (χ1) is 15.0. The Kier molecular flexibility index (Phi) is 6.68. The molecule has 0 saturated heterocycles. The Morgan fingerprint density at radius 3 is 2.66 bits per heavy atom. The number of benzene rings is 1. The number of carbonyl (C=O) groups excluding carboxylic acids is 2. The molecule has 2 heterocycles. The van der Waals surface area contributed by atoms with Crippen molar-refractivity contribution in [3.8, 4) is 0 Å². The molecule has 32 heavy (non-hydrogen) atoms. The van der Waals surface area contributed by atoms with Crippen LogP contribution in [0.3, 0.4) is 0 Å². The lowest BCUT2D eigenvalue weighted by Crippen LogP contribution is -2.35. The SMILES string of the molecule is Nc1nc(C(=O)Nc2nonc2C(=Nc2ccc(F)c(Br)c2)NOC(=O)C(F)(F)F)cs1. The summed E-state index contributed by atoms with van der Waals surface area (Å²) >= 11 is 3.91. The molecule has 0 atom stereocenters. The first-order valence-corrected chi connectivity index (χ1v) is 9.65. The van der Waals surface area contributed by atoms with E-state index < -0.39 is 41.2 Å². The highest BCUT2D eigenvalue weighted by molar-refractivity contribution is 9.10. The standard InChI is InChI=1S/C15H8BrF4N7O4S/c16-6-3-5(1-2-7(6)17)22-10(26-30-13(29)15(18,19)20)9-11(27-31-25-9)24-12(28)8-4-32-14(21)23-8/h1-4H,(H2,21,23)(H,22,26)(H,24,27,28). The highest BCUT2D eigenvalue weighted by atomic mass is 79.9. The van der Waals surface area contributed by atoms with Crippen molar-refractivity contribution in [1.29, 1.82) is 0 Å². The minimum atomic E-state index is -5.32. The van der Waals surface area contributed by atoms with Crippen molar-refractivity contribution < 1.29 is 36.6 Å². The number of nitrogen functional groups attached to an aromatic ring is 1. The summed E-state index contributed by atoms with van der Waals surface area (Å²) < 4.78 is 55.4. The van der Waals surface area contributed by atoms with Gasteiger partial charge in [-0.05, 0) is 44.4 Å². The van der Waals surface area contributed by atoms with Gasteiger partial charge in [0.2, 0.25) is 5.82 Å². The molecule has 3 aromatic rings. The van der Waals surface area contributed by atoms with Crippen molar-refractivity contribution in [3.63, 3.8) is 0 Å². The molecule has 11 nitrogen and oxygen atoms in total. The van der Waals surface area contributed by atoms with E-state index in [1.54, 1.807) is 5.48 Å². The van der Waals surface area contributed by atoms with Crippen molar-refractivity contribution in [2.45, 2.75) is 6.18 Å². The molecule has 0 aliphatic carbocycles. The van der Waals surface area contributed by atoms with Crippen LogP contribution in [-0.2, 0) is 9.63 Å². The smallest absolute Gasteiger partial charge is 0.375 e. The van der Waals surface area contributed by atoms with Crippen molar-refractivity contribution >= 4 is 61.6 Å². The lowest BCUT2D eigenvalue weighted by Gasteiger charge is -2.10. The molecular weight excluding hydrogens is 530 g/mol. The van der Waals surface area contributed by atoms with Gasteiger partial charge in [-0.15, -0.1) is 11.3 Å². The topological polar surface area (TPSA) is 158 Å². The number of rotatable bonds is 4. The van der Waals surface area contributed by atoms with Crippen LogP contribution in [0.5, 0.6) is 0 Å². The van der Waals surface area contributed by atoms with Gasteiger partial charge >= 0.3 is 12.1 Å². The summed E-state index contributed by atoms with van der Waals surface area (Å²) in [4.78, 5) is 35.0. The predicted octanol–water partition coefficient (Wildman–Crippen LogP) is 2.95. The summed E-state index contributed by atoms with van der Waals surface area (Å²) in [6.45, 7) is 0. The van der Waals surface area contributed by atoms with Crippen LogP contribution in [0, 0.1) is 5.82 Å². The molecule has 3 rings (SSSR count). The number of hydroxylamine groups is 1. The number of carbonyl (C=O) groups is 2. The number of nitrogens with zero attached hydrogens (tertiary/aromatic N) is 4. The summed E-state index contributed by atoms with van der Waals surface area (Å²) in [6.07, 6.45) is -5.32. The second-order valence-corrected chi connectivity index (χ2v) is 7.28. The van der Waals surface area contributed by atoms with E-state index >= 15 is 0 Å². The van der Waals surface area contributed by atoms with Crippen LogP contribution in [0.2, 0.25) is 0 Å². The van der Waals surface area contributed by atoms with Crippen molar-refractivity contribution in [3.05, 3.63) is 45.3 Å². The number of aromatic nitrogens is 3. The predicted molar refractivity (Wildman–Crippen MR) is 104 cm³/mol. The number of nitrogens with two attached hydrogens (primary N) is 1. The van der Waals surface area contributed by atoms with Crippen LogP contribution in [0.15, 0.2) is 37.7 Å². The van der Waals surface area contributed by atoms with E-state index in [0.29, 0.717) is 0 Å². The van der Waals surface area contributed by atoms with Crippen LogP contribution in [-0.4, -0.2) is 39.2 Å². The van der Waals surface area contributed by atoms with Crippen LogP contribution in [0.4, 0.5) is 34.2 Å². The van der Waals surface area contributed by atoms with Crippen LogP contribution in [0.1, 0.15) is 16.2 Å². The summed E-state index contributed by atoms with van der Waals surface area (Å²) in [5.74, 6) is -5.07. The normalized spacial score (nSPS) is 11.8. The van der Waals surface area contributed by atoms with Gasteiger partial charge in [-0.2, -0.15) is 18.7 Å². The molecular formula is C15H8BrF4N7O4S. The Balaban J connectivity index is 1.93. The molecule has 0 saturated carbocycles. The van der Waals surface area contributed by atoms with Gasteiger partial charge in [0.25, 0.3) is 5.91 Å². The summed E-state index contributed by atoms with van der Waals surface area (Å²) in [5, 5.41) is 10.6. The Morgan fingerprint density at radius 1 is 1.28 bits per heavy atom. The number of hydrogen-bond donors (Lipinski definition) is 3. The van der Waals surface area contributed by atoms with Crippen LogP contribution < -0.4 is 16.5 Å². The molecule has 0 spiro atoms. The summed E-state index contributed by atoms with van der Waals surface area (Å²) in [6, 6.07) is 3.35. The Hall–Kier alpha value is -3.60. The van der Waals surface area contributed by atoms with E-state index in [0.717, 1.165) is 23.5 Å². The number of anilines is 2. The maximum absolute atomic E-state index is 13.5. The van der Waals surface area contributed by atoms with Gasteiger partial charge in [-0.3, -0.25) is 4.79 Å². The largest absolute Gasteiger partial charge is 0.493 e. The van der Waals surface area contributed by atoms with Gasteiger partial charge in [0.05, 0.1) is 10.2 Å². The molecule has 168 valence electrons. The number of halogens is 5. The minimum Gasteiger partial charge on any atom is -0.375 e. The second kappa shape index (κ2) is 9.27. The van der Waals surface area contributed by atoms with Gasteiger partial charge in [-0.25, -0.2) is 23.8 Å². The van der Waals surface area contributed by atoms with E-state index in [1.165, 1.54) is 11.4 Å². The third kappa shape index (κ3) is 5.55. The van der Waals surface area contributed by atoms with E-state index in [1.807, 2.05) is 0 Å². The van der Waals surface area contributed by atoms with Crippen LogP contribution >= 0.6 is 27.3 Å². The van der Waals surface area contributed by atoms with Gasteiger partial charge in [0.1, 0.15) is 11.5 Å². The Labute approximate surface area is 186 Å². The van der Waals surface area contributed by atoms with Gasteiger partial charge in [-0.1, -0.05) is 0 Å². The van der Waals surface area contributed by atoms with E-state index in [9.17, 15) is 27.2 Å². The average molecular weight is 538 g/mol. The fourth-order valence-electron chi connectivity index (χ4n) is 1.95. The zero-order valence-corrected chi connectivity index (χ0v) is 17.5. The number of nitrogens with one attached hydrogen (secondary N) is 2. The summed E-state index contributed by atoms with van der Waals surface area (Å²) in [5.41, 5.74) is 6.62. The average Bonchev–Trinajstić information content (AvgIpc) is 3.36. The third-order valence-corrected chi connectivity index (χ3v) is 4.60. The lowest BCUT2D eigenvalue weighted by atomic mass is 10.3. The number of amidine groups is 1. The second-order valence-electron chi connectivity index (χ2n) is 5.53. The number of thiazole rings is 1. The molecule has 2 aromatic heterocycles. The first-order valence-electron chi connectivity index (χ1n) is 7.97. The zero-order valence-electron chi connectivity index (χ0n) is 15.1. The fourth-order valence-corrected chi connectivity index (χ4v) is 2.86. The fraction of sp³-hybridized carbons (Fsp3) is 0.0667. The molecule has 17 heteroatoms. The molecule has 1 aromatic carbocycles. The number of aliphatic imine (C=N–C) groups is 1. The van der Waals surface area contributed by atoms with E-state index in [2.05, 4.69) is 51.0 Å². The molecule has 4 N–H and O–H groups in total. The van der Waals surface area contributed by atoms with Gasteiger partial charge in [0, 0.05) is 5.38 Å². The maximum atomic E-state index is 13.5. The molecule has 1 amide bonds. The van der Waals surface area contributed by atoms with E-state index in [4.69, 9.17) is 5.73 Å². The zero-order chi connectivity index (χ0) is 23.5. The molecule has 0 fully saturated rings. The number of amides is 1. The minimum absolute atomic E-state index is 0.00335. The van der Waals surface area contributed by atoms with Gasteiger partial charge < -0.3 is 15.9 Å². The van der Waals surface area contributed by atoms with Crippen LogP contribution in [0.25, 0.3) is 0 Å². The number of alkyl halides is 3. The molecule has 0 aliphatic heterocycles. The molecule has 0 aliphatic rings. The van der Waals surface area contributed by atoms with E-state index in [-0.39, 0.29) is 21.0 Å². The Bertz CT molecular complexity index is 1200. The maximum Gasteiger partial charge on any atom is 0.493 e. The third-order valence-electron chi connectivity index (χ3n) is 3.32. The van der Waals surface area contributed by atoms with Crippen molar-refractivity contribution in [1.82, 2.24) is 20.8 Å². The highest BCUT2D eigenvalue weighted by Crippen LogP contribution is 2.24. The van der Waals surface area contributed by atoms with Crippen molar-refractivity contribution in [2.24, 2.45) is 4.99 Å². The first kappa shape index (κ1) is 23.1. The molecule has 0 radical (unpaired) electrons. The Morgan fingerprint density at radius 2 is 2.03 bits per heavy atom. The lowest BCUT2D eigenvalue weighted by molar-refractivity contribution is -0.203.